The van der Waals surface area contributed by atoms with Crippen LogP contribution in [0.25, 0.3) is 0 Å². The highest BCUT2D eigenvalue weighted by Crippen LogP contribution is 2.34. The van der Waals surface area contributed by atoms with Crippen LogP contribution in [0.1, 0.15) is 15.9 Å². The van der Waals surface area contributed by atoms with Crippen molar-refractivity contribution in [3.63, 3.8) is 0 Å². The van der Waals surface area contributed by atoms with E-state index in [-0.39, 0.29) is 10.6 Å². The SMILES string of the molecule is O=C(OC/C=C/OC(F)(F)c1ccccc1Cl)c1ccccc1[N+](=O)[O-]. The van der Waals surface area contributed by atoms with Crippen molar-refractivity contribution in [2.45, 2.75) is 6.11 Å². The molecule has 136 valence electrons. The molecule has 2 aromatic rings. The fraction of sp³-hybridized carbons (Fsp3) is 0.118. The van der Waals surface area contributed by atoms with Gasteiger partial charge < -0.3 is 9.47 Å². The van der Waals surface area contributed by atoms with Crippen LogP contribution in [0.2, 0.25) is 5.02 Å². The van der Waals surface area contributed by atoms with Gasteiger partial charge in [0.05, 0.1) is 21.8 Å². The number of hydrogen-bond acceptors (Lipinski definition) is 5. The average molecular weight is 384 g/mol. The van der Waals surface area contributed by atoms with Crippen molar-refractivity contribution in [2.24, 2.45) is 0 Å². The molecule has 26 heavy (non-hydrogen) atoms. The molecule has 2 rings (SSSR count). The number of rotatable bonds is 7. The van der Waals surface area contributed by atoms with E-state index in [4.69, 9.17) is 16.3 Å². The van der Waals surface area contributed by atoms with Gasteiger partial charge >= 0.3 is 12.1 Å². The van der Waals surface area contributed by atoms with Crippen molar-refractivity contribution in [2.75, 3.05) is 6.61 Å². The maximum atomic E-state index is 13.9. The molecule has 0 fully saturated rings. The molecular formula is C17H12ClF2NO5. The number of nitrogens with zero attached hydrogens (tertiary/aromatic N) is 1. The van der Waals surface area contributed by atoms with Gasteiger partial charge in [-0.3, -0.25) is 10.1 Å². The second-order valence-corrected chi connectivity index (χ2v) is 5.27. The molecule has 0 radical (unpaired) electrons. The first-order valence-corrected chi connectivity index (χ1v) is 7.57. The number of esters is 1. The molecule has 0 saturated carbocycles. The number of carbonyl (C=O) groups excluding carboxylic acids is 1. The highest BCUT2D eigenvalue weighted by atomic mass is 35.5. The second kappa shape index (κ2) is 8.39. The van der Waals surface area contributed by atoms with Crippen LogP contribution in [0.15, 0.2) is 60.9 Å². The van der Waals surface area contributed by atoms with Crippen LogP contribution in [0, 0.1) is 10.1 Å². The van der Waals surface area contributed by atoms with E-state index in [1.165, 1.54) is 36.4 Å². The maximum Gasteiger partial charge on any atom is 0.427 e. The Balaban J connectivity index is 1.93. The normalized spacial score (nSPS) is 11.3. The minimum atomic E-state index is -3.67. The summed E-state index contributed by atoms with van der Waals surface area (Å²) in [5, 5.41) is 10.7. The first-order chi connectivity index (χ1) is 12.3. The molecule has 0 saturated heterocycles. The fourth-order valence-electron chi connectivity index (χ4n) is 1.94. The number of nitro benzene ring substituents is 1. The van der Waals surface area contributed by atoms with E-state index in [0.29, 0.717) is 6.26 Å². The Morgan fingerprint density at radius 1 is 1.19 bits per heavy atom. The molecule has 0 aliphatic heterocycles. The van der Waals surface area contributed by atoms with Crippen LogP contribution in [0.5, 0.6) is 0 Å². The van der Waals surface area contributed by atoms with Gasteiger partial charge in [0.25, 0.3) is 5.69 Å². The standard InChI is InChI=1S/C17H12ClF2NO5/c18-14-8-3-2-7-13(14)17(19,20)26-11-5-10-25-16(22)12-6-1-4-9-15(12)21(23)24/h1-9,11H,10H2/b11-5+. The van der Waals surface area contributed by atoms with Gasteiger partial charge in [-0.2, -0.15) is 8.78 Å². The molecule has 9 heteroatoms. The first-order valence-electron chi connectivity index (χ1n) is 7.19. The van der Waals surface area contributed by atoms with Crippen LogP contribution in [-0.4, -0.2) is 17.5 Å². The van der Waals surface area contributed by atoms with Gasteiger partial charge in [-0.1, -0.05) is 35.9 Å². The number of nitro groups is 1. The fourth-order valence-corrected chi connectivity index (χ4v) is 2.19. The zero-order chi connectivity index (χ0) is 19.2. The topological polar surface area (TPSA) is 78.7 Å². The lowest BCUT2D eigenvalue weighted by Crippen LogP contribution is -2.15. The molecule has 0 N–H and O–H groups in total. The molecule has 0 aliphatic carbocycles. The Labute approximate surface area is 151 Å². The van der Waals surface area contributed by atoms with Crippen LogP contribution >= 0.6 is 11.6 Å². The van der Waals surface area contributed by atoms with E-state index in [9.17, 15) is 23.7 Å². The lowest BCUT2D eigenvalue weighted by atomic mass is 10.2. The minimum absolute atomic E-state index is 0.159. The van der Waals surface area contributed by atoms with Crippen LogP contribution in [0.3, 0.4) is 0 Å². The zero-order valence-corrected chi connectivity index (χ0v) is 13.9. The second-order valence-electron chi connectivity index (χ2n) is 4.86. The monoisotopic (exact) mass is 383 g/mol. The third-order valence-electron chi connectivity index (χ3n) is 3.13. The summed E-state index contributed by atoms with van der Waals surface area (Å²) in [6.45, 7) is -0.413. The van der Waals surface area contributed by atoms with E-state index in [0.717, 1.165) is 18.2 Å². The largest absolute Gasteiger partial charge is 0.458 e. The quantitative estimate of drug-likeness (QED) is 0.300. The molecule has 0 heterocycles. The number of benzene rings is 2. The Hall–Kier alpha value is -3.00. The summed E-state index contributed by atoms with van der Waals surface area (Å²) in [4.78, 5) is 22.0. The molecule has 0 aliphatic rings. The van der Waals surface area contributed by atoms with Gasteiger partial charge in [0, 0.05) is 6.07 Å². The Morgan fingerprint density at radius 2 is 1.85 bits per heavy atom. The summed E-state index contributed by atoms with van der Waals surface area (Å²) in [7, 11) is 0. The molecule has 0 atom stereocenters. The average Bonchev–Trinajstić information content (AvgIpc) is 2.61. The number of hydrogen-bond donors (Lipinski definition) is 0. The molecule has 0 aromatic heterocycles. The summed E-state index contributed by atoms with van der Waals surface area (Å²) in [6.07, 6.45) is -1.98. The molecule has 0 bridgehead atoms. The highest BCUT2D eigenvalue weighted by molar-refractivity contribution is 6.31. The van der Waals surface area contributed by atoms with Crippen molar-refractivity contribution in [3.05, 3.63) is 87.1 Å². The summed E-state index contributed by atoms with van der Waals surface area (Å²) in [5.41, 5.74) is -1.17. The lowest BCUT2D eigenvalue weighted by molar-refractivity contribution is -0.385. The van der Waals surface area contributed by atoms with Gasteiger partial charge in [-0.15, -0.1) is 0 Å². The Bertz CT molecular complexity index is 841. The summed E-state index contributed by atoms with van der Waals surface area (Å²) >= 11 is 5.69. The third kappa shape index (κ3) is 4.76. The Kier molecular flexibility index (Phi) is 6.24. The van der Waals surface area contributed by atoms with Crippen LogP contribution in [0.4, 0.5) is 14.5 Å². The van der Waals surface area contributed by atoms with E-state index < -0.39 is 34.9 Å². The Morgan fingerprint density at radius 3 is 2.54 bits per heavy atom. The van der Waals surface area contributed by atoms with Gasteiger partial charge in [0.1, 0.15) is 12.2 Å². The number of carbonyl (C=O) groups is 1. The molecule has 0 amide bonds. The molecule has 6 nitrogen and oxygen atoms in total. The summed E-state index contributed by atoms with van der Waals surface area (Å²) in [6, 6.07) is 10.5. The third-order valence-corrected chi connectivity index (χ3v) is 3.46. The predicted octanol–water partition coefficient (Wildman–Crippen LogP) is 4.68. The van der Waals surface area contributed by atoms with Gasteiger partial charge in [0.15, 0.2) is 0 Å². The number of alkyl halides is 2. The van der Waals surface area contributed by atoms with Crippen molar-refractivity contribution < 1.29 is 28.0 Å². The van der Waals surface area contributed by atoms with E-state index in [2.05, 4.69) is 4.74 Å². The predicted molar refractivity (Wildman–Crippen MR) is 88.9 cm³/mol. The minimum Gasteiger partial charge on any atom is -0.458 e. The number of para-hydroxylation sites is 1. The molecular weight excluding hydrogens is 372 g/mol. The van der Waals surface area contributed by atoms with E-state index in [1.54, 1.807) is 0 Å². The zero-order valence-electron chi connectivity index (χ0n) is 13.1. The van der Waals surface area contributed by atoms with Crippen LogP contribution < -0.4 is 0 Å². The van der Waals surface area contributed by atoms with Crippen molar-refractivity contribution in [1.29, 1.82) is 0 Å². The van der Waals surface area contributed by atoms with Crippen molar-refractivity contribution in [3.8, 4) is 0 Å². The van der Waals surface area contributed by atoms with E-state index in [1.807, 2.05) is 0 Å². The van der Waals surface area contributed by atoms with Gasteiger partial charge in [-0.05, 0) is 24.3 Å². The van der Waals surface area contributed by atoms with Gasteiger partial charge in [-0.25, -0.2) is 4.79 Å². The maximum absolute atomic E-state index is 13.9. The van der Waals surface area contributed by atoms with Crippen molar-refractivity contribution in [1.82, 2.24) is 0 Å². The molecule has 0 unspecified atom stereocenters. The number of ether oxygens (including phenoxy) is 2. The van der Waals surface area contributed by atoms with Crippen LogP contribution in [-0.2, 0) is 15.6 Å². The molecule has 0 spiro atoms. The smallest absolute Gasteiger partial charge is 0.427 e. The van der Waals surface area contributed by atoms with E-state index >= 15 is 0 Å². The first kappa shape index (κ1) is 19.3. The number of halogens is 3. The summed E-state index contributed by atoms with van der Waals surface area (Å²) in [5.74, 6) is -0.959. The molecule has 2 aromatic carbocycles. The highest BCUT2D eigenvalue weighted by Gasteiger charge is 2.35. The van der Waals surface area contributed by atoms with Gasteiger partial charge in [0.2, 0.25) is 0 Å². The van der Waals surface area contributed by atoms with Crippen molar-refractivity contribution >= 4 is 23.3 Å². The summed E-state index contributed by atoms with van der Waals surface area (Å²) < 4.78 is 36.9. The lowest BCUT2D eigenvalue weighted by Gasteiger charge is -2.16.